The number of nitrogens with one attached hydrogen (secondary N) is 1. The van der Waals surface area contributed by atoms with Crippen LogP contribution in [0.15, 0.2) is 48.8 Å². The molecule has 0 saturated heterocycles. The van der Waals surface area contributed by atoms with Gasteiger partial charge in [-0.05, 0) is 49.2 Å². The molecule has 19 heavy (non-hydrogen) atoms. The highest BCUT2D eigenvalue weighted by molar-refractivity contribution is 5.83. The van der Waals surface area contributed by atoms with E-state index in [2.05, 4.69) is 48.4 Å². The number of hydrogen-bond acceptors (Lipinski definition) is 3. The fourth-order valence-corrected chi connectivity index (χ4v) is 2.08. The topological polar surface area (TPSA) is 37.8 Å². The molecule has 0 bridgehead atoms. The van der Waals surface area contributed by atoms with Crippen LogP contribution in [0.3, 0.4) is 0 Å². The fourth-order valence-electron chi connectivity index (χ4n) is 2.08. The first-order chi connectivity index (χ1) is 9.22. The van der Waals surface area contributed by atoms with Crippen LogP contribution in [-0.2, 0) is 0 Å². The third-order valence-electron chi connectivity index (χ3n) is 3.11. The number of rotatable bonds is 2. The van der Waals surface area contributed by atoms with Gasteiger partial charge in [0.05, 0.1) is 5.52 Å². The van der Waals surface area contributed by atoms with Gasteiger partial charge in [0.25, 0.3) is 0 Å². The molecule has 0 aliphatic carbocycles. The second-order valence-corrected chi connectivity index (χ2v) is 4.71. The van der Waals surface area contributed by atoms with E-state index in [0.29, 0.717) is 0 Å². The summed E-state index contributed by atoms with van der Waals surface area (Å²) in [7, 11) is 0. The minimum absolute atomic E-state index is 0.893. The fraction of sp³-hybridized carbons (Fsp3) is 0.125. The maximum atomic E-state index is 4.70. The molecular formula is C16H15N3. The lowest BCUT2D eigenvalue weighted by atomic mass is 10.1. The maximum absolute atomic E-state index is 4.70. The second kappa shape index (κ2) is 4.69. The van der Waals surface area contributed by atoms with Gasteiger partial charge in [0.1, 0.15) is 5.82 Å². The second-order valence-electron chi connectivity index (χ2n) is 4.71. The molecule has 3 nitrogen and oxygen atoms in total. The highest BCUT2D eigenvalue weighted by atomic mass is 15.0. The molecule has 0 amide bonds. The third-order valence-corrected chi connectivity index (χ3v) is 3.11. The van der Waals surface area contributed by atoms with Crippen LogP contribution in [0, 0.1) is 13.8 Å². The van der Waals surface area contributed by atoms with Crippen molar-refractivity contribution >= 4 is 22.4 Å². The first kappa shape index (κ1) is 11.7. The van der Waals surface area contributed by atoms with Gasteiger partial charge in [0.15, 0.2) is 0 Å². The Morgan fingerprint density at radius 2 is 1.74 bits per heavy atom. The molecule has 0 spiro atoms. The summed E-state index contributed by atoms with van der Waals surface area (Å²) >= 11 is 0. The van der Waals surface area contributed by atoms with Crippen molar-refractivity contribution < 1.29 is 0 Å². The van der Waals surface area contributed by atoms with Crippen molar-refractivity contribution in [2.75, 3.05) is 5.32 Å². The molecular weight excluding hydrogens is 234 g/mol. The van der Waals surface area contributed by atoms with E-state index in [4.69, 9.17) is 4.98 Å². The maximum Gasteiger partial charge on any atom is 0.134 e. The molecule has 0 aliphatic rings. The summed E-state index contributed by atoms with van der Waals surface area (Å²) in [5, 5.41) is 4.50. The Kier molecular flexibility index (Phi) is 2.88. The molecule has 94 valence electrons. The van der Waals surface area contributed by atoms with E-state index < -0.39 is 0 Å². The molecule has 2 heterocycles. The molecule has 1 N–H and O–H groups in total. The first-order valence-electron chi connectivity index (χ1n) is 6.27. The average Bonchev–Trinajstić information content (AvgIpc) is 2.41. The van der Waals surface area contributed by atoms with E-state index >= 15 is 0 Å². The number of hydrogen-bond donors (Lipinski definition) is 1. The first-order valence-corrected chi connectivity index (χ1v) is 6.27. The van der Waals surface area contributed by atoms with Gasteiger partial charge in [0, 0.05) is 23.5 Å². The van der Waals surface area contributed by atoms with Crippen LogP contribution in [0.1, 0.15) is 11.1 Å². The van der Waals surface area contributed by atoms with Gasteiger partial charge in [-0.25, -0.2) is 4.98 Å². The lowest BCUT2D eigenvalue weighted by Gasteiger charge is -2.10. The molecule has 0 fully saturated rings. The van der Waals surface area contributed by atoms with E-state index in [0.717, 1.165) is 22.6 Å². The van der Waals surface area contributed by atoms with Crippen molar-refractivity contribution in [3.8, 4) is 0 Å². The number of anilines is 2. The number of fused-ring (bicyclic) bond motifs is 1. The molecule has 1 aromatic carbocycles. The molecule has 0 atom stereocenters. The summed E-state index contributed by atoms with van der Waals surface area (Å²) in [5.41, 5.74) is 4.37. The van der Waals surface area contributed by atoms with E-state index in [9.17, 15) is 0 Å². The molecule has 0 saturated carbocycles. The van der Waals surface area contributed by atoms with E-state index in [1.54, 1.807) is 12.4 Å². The third kappa shape index (κ3) is 2.40. The molecule has 0 aliphatic heterocycles. The Hall–Kier alpha value is -2.42. The largest absolute Gasteiger partial charge is 0.340 e. The highest BCUT2D eigenvalue weighted by Gasteiger charge is 2.04. The van der Waals surface area contributed by atoms with Gasteiger partial charge in [-0.1, -0.05) is 12.1 Å². The number of nitrogens with zero attached hydrogens (tertiary/aromatic N) is 2. The van der Waals surface area contributed by atoms with Crippen LogP contribution in [0.2, 0.25) is 0 Å². The number of aromatic nitrogens is 2. The van der Waals surface area contributed by atoms with Crippen molar-refractivity contribution in [1.82, 2.24) is 9.97 Å². The Morgan fingerprint density at radius 3 is 2.53 bits per heavy atom. The number of pyridine rings is 2. The predicted molar refractivity (Wildman–Crippen MR) is 78.7 cm³/mol. The summed E-state index contributed by atoms with van der Waals surface area (Å²) in [5.74, 6) is 0.893. The molecule has 2 aromatic heterocycles. The minimum Gasteiger partial charge on any atom is -0.340 e. The van der Waals surface area contributed by atoms with Crippen molar-refractivity contribution in [2.24, 2.45) is 0 Å². The number of aryl methyl sites for hydroxylation is 2. The van der Waals surface area contributed by atoms with Crippen LogP contribution in [0.4, 0.5) is 11.5 Å². The summed E-state index contributed by atoms with van der Waals surface area (Å²) < 4.78 is 0. The lowest BCUT2D eigenvalue weighted by Crippen LogP contribution is -1.97. The van der Waals surface area contributed by atoms with E-state index in [1.165, 1.54) is 10.9 Å². The summed E-state index contributed by atoms with van der Waals surface area (Å²) in [6.45, 7) is 4.15. The Bertz CT molecular complexity index is 721. The zero-order valence-corrected chi connectivity index (χ0v) is 11.0. The van der Waals surface area contributed by atoms with Gasteiger partial charge in [-0.2, -0.15) is 0 Å². The van der Waals surface area contributed by atoms with E-state index in [-0.39, 0.29) is 0 Å². The Labute approximate surface area is 112 Å². The van der Waals surface area contributed by atoms with Gasteiger partial charge in [-0.15, -0.1) is 0 Å². The van der Waals surface area contributed by atoms with Crippen molar-refractivity contribution in [3.63, 3.8) is 0 Å². The SMILES string of the molecule is Cc1ccc2cc(C)c(Nc3ccncc3)nc2c1. The van der Waals surface area contributed by atoms with Crippen LogP contribution in [0.25, 0.3) is 10.9 Å². The predicted octanol–water partition coefficient (Wildman–Crippen LogP) is 3.99. The quantitative estimate of drug-likeness (QED) is 0.746. The van der Waals surface area contributed by atoms with E-state index in [1.807, 2.05) is 12.1 Å². The molecule has 0 radical (unpaired) electrons. The van der Waals surface area contributed by atoms with Crippen molar-refractivity contribution in [2.45, 2.75) is 13.8 Å². The summed E-state index contributed by atoms with van der Waals surface area (Å²) in [6, 6.07) is 12.3. The molecule has 3 aromatic rings. The zero-order valence-electron chi connectivity index (χ0n) is 11.0. The minimum atomic E-state index is 0.893. The summed E-state index contributed by atoms with van der Waals surface area (Å²) in [6.07, 6.45) is 3.53. The smallest absolute Gasteiger partial charge is 0.134 e. The van der Waals surface area contributed by atoms with Crippen LogP contribution in [-0.4, -0.2) is 9.97 Å². The highest BCUT2D eigenvalue weighted by Crippen LogP contribution is 2.23. The van der Waals surface area contributed by atoms with Crippen molar-refractivity contribution in [3.05, 3.63) is 59.9 Å². The van der Waals surface area contributed by atoms with Crippen LogP contribution >= 0.6 is 0 Å². The molecule has 0 unspecified atom stereocenters. The number of benzene rings is 1. The average molecular weight is 249 g/mol. The normalized spacial score (nSPS) is 10.6. The van der Waals surface area contributed by atoms with Gasteiger partial charge in [-0.3, -0.25) is 4.98 Å². The standard InChI is InChI=1S/C16H15N3/c1-11-3-4-13-10-12(2)16(19-15(13)9-11)18-14-5-7-17-8-6-14/h3-10H,1-2H3,(H,17,18,19). The van der Waals surface area contributed by atoms with Crippen LogP contribution < -0.4 is 5.32 Å². The van der Waals surface area contributed by atoms with Crippen molar-refractivity contribution in [1.29, 1.82) is 0 Å². The Morgan fingerprint density at radius 1 is 0.947 bits per heavy atom. The molecule has 3 heteroatoms. The van der Waals surface area contributed by atoms with Gasteiger partial charge >= 0.3 is 0 Å². The van der Waals surface area contributed by atoms with Crippen LogP contribution in [0.5, 0.6) is 0 Å². The van der Waals surface area contributed by atoms with Gasteiger partial charge < -0.3 is 5.32 Å². The molecule has 3 rings (SSSR count). The zero-order chi connectivity index (χ0) is 13.2. The summed E-state index contributed by atoms with van der Waals surface area (Å²) in [4.78, 5) is 8.71. The lowest BCUT2D eigenvalue weighted by molar-refractivity contribution is 1.28. The Balaban J connectivity index is 2.06. The monoisotopic (exact) mass is 249 g/mol. The van der Waals surface area contributed by atoms with Gasteiger partial charge in [0.2, 0.25) is 0 Å².